The molecule has 1 aromatic carbocycles. The summed E-state index contributed by atoms with van der Waals surface area (Å²) in [5.74, 6) is 1.50. The summed E-state index contributed by atoms with van der Waals surface area (Å²) < 4.78 is 6.74. The van der Waals surface area contributed by atoms with Gasteiger partial charge >= 0.3 is 0 Å². The van der Waals surface area contributed by atoms with Crippen LogP contribution in [0.25, 0.3) is 10.8 Å². The van der Waals surface area contributed by atoms with Crippen molar-refractivity contribution in [3.63, 3.8) is 0 Å². The third kappa shape index (κ3) is 2.19. The number of benzene rings is 1. The van der Waals surface area contributed by atoms with E-state index in [1.54, 1.807) is 18.6 Å². The minimum Gasteiger partial charge on any atom is -0.455 e. The van der Waals surface area contributed by atoms with Gasteiger partial charge in [-0.05, 0) is 34.1 Å². The fourth-order valence-corrected chi connectivity index (χ4v) is 2.10. The van der Waals surface area contributed by atoms with E-state index in [-0.39, 0.29) is 0 Å². The van der Waals surface area contributed by atoms with Gasteiger partial charge in [0, 0.05) is 33.8 Å². The Morgan fingerprint density at radius 1 is 1.00 bits per heavy atom. The van der Waals surface area contributed by atoms with E-state index in [0.29, 0.717) is 5.75 Å². The van der Waals surface area contributed by atoms with Gasteiger partial charge in [-0.15, -0.1) is 0 Å². The van der Waals surface area contributed by atoms with Crippen LogP contribution in [0.4, 0.5) is 0 Å². The largest absolute Gasteiger partial charge is 0.455 e. The third-order valence-electron chi connectivity index (χ3n) is 2.55. The molecule has 0 radical (unpaired) electrons. The van der Waals surface area contributed by atoms with Crippen molar-refractivity contribution in [3.8, 4) is 11.5 Å². The zero-order valence-electron chi connectivity index (χ0n) is 9.38. The number of aromatic nitrogens is 2. The lowest BCUT2D eigenvalue weighted by molar-refractivity contribution is 0.485. The van der Waals surface area contributed by atoms with Gasteiger partial charge in [-0.3, -0.25) is 9.97 Å². The maximum Gasteiger partial charge on any atom is 0.146 e. The van der Waals surface area contributed by atoms with E-state index >= 15 is 0 Å². The molecule has 0 aliphatic carbocycles. The van der Waals surface area contributed by atoms with Crippen LogP contribution in [-0.4, -0.2) is 9.97 Å². The summed E-state index contributed by atoms with van der Waals surface area (Å²) in [5, 5.41) is 2.09. The van der Waals surface area contributed by atoms with Crippen LogP contribution in [0.15, 0.2) is 59.6 Å². The molecular weight excluding hydrogens is 292 g/mol. The van der Waals surface area contributed by atoms with Crippen molar-refractivity contribution in [1.29, 1.82) is 0 Å². The summed E-state index contributed by atoms with van der Waals surface area (Å²) in [5.41, 5.74) is 0. The van der Waals surface area contributed by atoms with Gasteiger partial charge in [0.05, 0.1) is 6.20 Å². The van der Waals surface area contributed by atoms with E-state index in [1.807, 2.05) is 36.5 Å². The number of nitrogens with zero attached hydrogens (tertiary/aromatic N) is 2. The second-order valence-electron chi connectivity index (χ2n) is 3.79. The molecule has 0 atom stereocenters. The molecule has 3 aromatic rings. The van der Waals surface area contributed by atoms with Gasteiger partial charge in [0.2, 0.25) is 0 Å². The highest BCUT2D eigenvalue weighted by molar-refractivity contribution is 9.10. The van der Waals surface area contributed by atoms with Gasteiger partial charge in [-0.1, -0.05) is 12.1 Å². The van der Waals surface area contributed by atoms with Crippen LogP contribution < -0.4 is 4.74 Å². The highest BCUT2D eigenvalue weighted by atomic mass is 79.9. The van der Waals surface area contributed by atoms with Crippen LogP contribution in [0.2, 0.25) is 0 Å². The van der Waals surface area contributed by atoms with Gasteiger partial charge in [0.25, 0.3) is 0 Å². The molecule has 0 fully saturated rings. The van der Waals surface area contributed by atoms with Crippen LogP contribution in [0, 0.1) is 0 Å². The average Bonchev–Trinajstić information content (AvgIpc) is 2.39. The molecule has 0 amide bonds. The molecule has 4 heteroatoms. The number of halogens is 1. The Bertz CT molecular complexity index is 695. The van der Waals surface area contributed by atoms with Crippen molar-refractivity contribution in [2.45, 2.75) is 0 Å². The second kappa shape index (κ2) is 4.74. The van der Waals surface area contributed by atoms with Crippen molar-refractivity contribution in [3.05, 3.63) is 59.6 Å². The van der Waals surface area contributed by atoms with Gasteiger partial charge < -0.3 is 4.74 Å². The van der Waals surface area contributed by atoms with Crippen molar-refractivity contribution in [2.24, 2.45) is 0 Å². The Morgan fingerprint density at radius 3 is 2.83 bits per heavy atom. The minimum absolute atomic E-state index is 0.702. The standard InChI is InChI=1S/C14H9BrN2O/c15-11-6-12(9-17-8-11)18-14-3-1-2-10-7-16-5-4-13(10)14/h1-9H. The normalized spacial score (nSPS) is 10.5. The van der Waals surface area contributed by atoms with E-state index in [2.05, 4.69) is 25.9 Å². The molecule has 0 aliphatic rings. The molecule has 0 spiro atoms. The van der Waals surface area contributed by atoms with Crippen LogP contribution >= 0.6 is 15.9 Å². The molecule has 0 bridgehead atoms. The lowest BCUT2D eigenvalue weighted by atomic mass is 10.1. The third-order valence-corrected chi connectivity index (χ3v) is 2.98. The number of pyridine rings is 2. The van der Waals surface area contributed by atoms with Gasteiger partial charge in [0.1, 0.15) is 11.5 Å². The first-order chi connectivity index (χ1) is 8.83. The molecule has 3 nitrogen and oxygen atoms in total. The van der Waals surface area contributed by atoms with Gasteiger partial charge in [-0.2, -0.15) is 0 Å². The topological polar surface area (TPSA) is 35.0 Å². The molecule has 0 saturated heterocycles. The monoisotopic (exact) mass is 300 g/mol. The zero-order valence-corrected chi connectivity index (χ0v) is 11.0. The SMILES string of the molecule is Brc1cncc(Oc2cccc3cnccc23)c1. The Balaban J connectivity index is 2.05. The summed E-state index contributed by atoms with van der Waals surface area (Å²) >= 11 is 3.37. The molecule has 0 aliphatic heterocycles. The minimum atomic E-state index is 0.702. The van der Waals surface area contributed by atoms with E-state index < -0.39 is 0 Å². The van der Waals surface area contributed by atoms with Gasteiger partial charge in [-0.25, -0.2) is 0 Å². The quantitative estimate of drug-likeness (QED) is 0.712. The van der Waals surface area contributed by atoms with Crippen LogP contribution in [0.5, 0.6) is 11.5 Å². The molecule has 2 heterocycles. The van der Waals surface area contributed by atoms with Gasteiger partial charge in [0.15, 0.2) is 0 Å². The molecule has 0 unspecified atom stereocenters. The van der Waals surface area contributed by atoms with E-state index in [4.69, 9.17) is 4.74 Å². The fraction of sp³-hybridized carbons (Fsp3) is 0. The predicted octanol–water partition coefficient (Wildman–Crippen LogP) is 4.18. The van der Waals surface area contributed by atoms with Crippen LogP contribution in [-0.2, 0) is 0 Å². The highest BCUT2D eigenvalue weighted by Crippen LogP contribution is 2.29. The molecule has 0 saturated carbocycles. The fourth-order valence-electron chi connectivity index (χ4n) is 1.76. The lowest BCUT2D eigenvalue weighted by Gasteiger charge is -2.08. The van der Waals surface area contributed by atoms with Crippen molar-refractivity contribution in [1.82, 2.24) is 9.97 Å². The first-order valence-corrected chi connectivity index (χ1v) is 6.23. The Morgan fingerprint density at radius 2 is 1.94 bits per heavy atom. The maximum atomic E-state index is 5.85. The summed E-state index contributed by atoms with van der Waals surface area (Å²) in [6, 6.07) is 9.71. The number of hydrogen-bond donors (Lipinski definition) is 0. The first-order valence-electron chi connectivity index (χ1n) is 5.44. The van der Waals surface area contributed by atoms with Crippen molar-refractivity contribution >= 4 is 26.7 Å². The van der Waals surface area contributed by atoms with Crippen molar-refractivity contribution < 1.29 is 4.74 Å². The smallest absolute Gasteiger partial charge is 0.146 e. The van der Waals surface area contributed by atoms with E-state index in [9.17, 15) is 0 Å². The van der Waals surface area contributed by atoms with Crippen LogP contribution in [0.1, 0.15) is 0 Å². The van der Waals surface area contributed by atoms with Crippen molar-refractivity contribution in [2.75, 3.05) is 0 Å². The lowest BCUT2D eigenvalue weighted by Crippen LogP contribution is -1.87. The van der Waals surface area contributed by atoms with E-state index in [0.717, 1.165) is 21.0 Å². The first kappa shape index (κ1) is 11.2. The number of fused-ring (bicyclic) bond motifs is 1. The van der Waals surface area contributed by atoms with E-state index in [1.165, 1.54) is 0 Å². The summed E-state index contributed by atoms with van der Waals surface area (Å²) in [4.78, 5) is 8.18. The second-order valence-corrected chi connectivity index (χ2v) is 4.71. The summed E-state index contributed by atoms with van der Waals surface area (Å²) in [7, 11) is 0. The molecule has 18 heavy (non-hydrogen) atoms. The summed E-state index contributed by atoms with van der Waals surface area (Å²) in [6.07, 6.45) is 6.99. The highest BCUT2D eigenvalue weighted by Gasteiger charge is 2.03. The molecule has 0 N–H and O–H groups in total. The zero-order chi connectivity index (χ0) is 12.4. The molecule has 3 rings (SSSR count). The molecule has 2 aromatic heterocycles. The average molecular weight is 301 g/mol. The number of rotatable bonds is 2. The van der Waals surface area contributed by atoms with Crippen LogP contribution in [0.3, 0.4) is 0 Å². The summed E-state index contributed by atoms with van der Waals surface area (Å²) in [6.45, 7) is 0. The molecular formula is C14H9BrN2O. The Kier molecular flexibility index (Phi) is 2.94. The maximum absolute atomic E-state index is 5.85. The predicted molar refractivity (Wildman–Crippen MR) is 73.8 cm³/mol. The Hall–Kier alpha value is -1.94. The number of ether oxygens (including phenoxy) is 1. The molecule has 88 valence electrons. The number of hydrogen-bond acceptors (Lipinski definition) is 3. The Labute approximate surface area is 113 Å².